The molecule has 3 rings (SSSR count). The average molecular weight is 394 g/mol. The van der Waals surface area contributed by atoms with Gasteiger partial charge in [0.15, 0.2) is 0 Å². The molecule has 0 spiro atoms. The summed E-state index contributed by atoms with van der Waals surface area (Å²) in [5, 5.41) is 5.89. The van der Waals surface area contributed by atoms with E-state index in [1.165, 1.54) is 5.56 Å². The third-order valence-electron chi connectivity index (χ3n) is 4.65. The molecule has 0 aliphatic rings. The Bertz CT molecular complexity index is 905. The van der Waals surface area contributed by atoms with Crippen LogP contribution in [0, 0.1) is 6.92 Å². The Morgan fingerprint density at radius 3 is 2.50 bits per heavy atom. The van der Waals surface area contributed by atoms with Gasteiger partial charge < -0.3 is 5.32 Å². The molecule has 1 heterocycles. The number of hydrogen-bond acceptors (Lipinski definition) is 4. The average Bonchev–Trinajstić information content (AvgIpc) is 3.10. The summed E-state index contributed by atoms with van der Waals surface area (Å²) in [5.74, 6) is -0.0276. The van der Waals surface area contributed by atoms with E-state index in [2.05, 4.69) is 53.7 Å². The van der Waals surface area contributed by atoms with Gasteiger partial charge in [-0.15, -0.1) is 11.3 Å². The van der Waals surface area contributed by atoms with Crippen LogP contribution in [0.4, 0.5) is 5.69 Å². The summed E-state index contributed by atoms with van der Waals surface area (Å²) in [4.78, 5) is 19.4. The van der Waals surface area contributed by atoms with E-state index in [9.17, 15) is 4.79 Å². The van der Waals surface area contributed by atoms with Crippen molar-refractivity contribution in [3.05, 3.63) is 81.8 Å². The molecule has 3 aromatic rings. The van der Waals surface area contributed by atoms with E-state index < -0.39 is 0 Å². The van der Waals surface area contributed by atoms with E-state index in [1.54, 1.807) is 11.3 Å². The summed E-state index contributed by atoms with van der Waals surface area (Å²) in [7, 11) is 0. The molecular weight excluding hydrogens is 366 g/mol. The Balaban J connectivity index is 1.59. The topological polar surface area (TPSA) is 45.2 Å². The van der Waals surface area contributed by atoms with E-state index in [0.717, 1.165) is 35.0 Å². The normalized spacial score (nSPS) is 11.2. The van der Waals surface area contributed by atoms with Crippen LogP contribution in [-0.2, 0) is 24.3 Å². The van der Waals surface area contributed by atoms with Crippen molar-refractivity contribution in [3.63, 3.8) is 0 Å². The summed E-state index contributed by atoms with van der Waals surface area (Å²) >= 11 is 1.55. The fourth-order valence-corrected chi connectivity index (χ4v) is 3.78. The molecule has 0 fully saturated rings. The quantitative estimate of drug-likeness (QED) is 0.583. The Morgan fingerprint density at radius 2 is 1.79 bits per heavy atom. The van der Waals surface area contributed by atoms with E-state index in [1.807, 2.05) is 37.3 Å². The first-order valence-corrected chi connectivity index (χ1v) is 10.5. The van der Waals surface area contributed by atoms with Crippen molar-refractivity contribution >= 4 is 22.9 Å². The molecule has 4 nitrogen and oxygen atoms in total. The Hall–Kier alpha value is -2.50. The molecular formula is C23H27N3OS. The fraction of sp³-hybridized carbons (Fsp3) is 0.304. The van der Waals surface area contributed by atoms with E-state index >= 15 is 0 Å². The lowest BCUT2D eigenvalue weighted by Gasteiger charge is -2.25. The highest BCUT2D eigenvalue weighted by molar-refractivity contribution is 7.09. The number of thiazole rings is 1. The highest BCUT2D eigenvalue weighted by atomic mass is 32.1. The van der Waals surface area contributed by atoms with Gasteiger partial charge in [-0.2, -0.15) is 0 Å². The number of benzene rings is 2. The molecule has 28 heavy (non-hydrogen) atoms. The van der Waals surface area contributed by atoms with Crippen LogP contribution in [0.15, 0.2) is 60.0 Å². The maximum absolute atomic E-state index is 12.4. The van der Waals surface area contributed by atoms with Crippen LogP contribution in [-0.4, -0.2) is 21.8 Å². The van der Waals surface area contributed by atoms with Gasteiger partial charge in [-0.1, -0.05) is 48.5 Å². The standard InChI is InChI=1S/C23H27N3OS/c1-17(2)26(14-19-10-5-4-6-11-19)15-20-16-28-23(24-20)13-22(27)25-21-12-8-7-9-18(21)3/h4-12,16-17H,13-15H2,1-3H3,(H,25,27). The zero-order chi connectivity index (χ0) is 19.9. The summed E-state index contributed by atoms with van der Waals surface area (Å²) in [6, 6.07) is 18.7. The third kappa shape index (κ3) is 5.75. The summed E-state index contributed by atoms with van der Waals surface area (Å²) < 4.78 is 0. The molecule has 1 amide bonds. The van der Waals surface area contributed by atoms with Gasteiger partial charge in [0.05, 0.1) is 12.1 Å². The molecule has 0 aliphatic heterocycles. The van der Waals surface area contributed by atoms with Crippen molar-refractivity contribution in [2.75, 3.05) is 5.32 Å². The lowest BCUT2D eigenvalue weighted by molar-refractivity contribution is -0.115. The Labute approximate surface area is 171 Å². The van der Waals surface area contributed by atoms with Gasteiger partial charge in [0.1, 0.15) is 5.01 Å². The molecule has 0 bridgehead atoms. The van der Waals surface area contributed by atoms with Crippen LogP contribution in [0.5, 0.6) is 0 Å². The highest BCUT2D eigenvalue weighted by Gasteiger charge is 2.14. The minimum atomic E-state index is -0.0276. The highest BCUT2D eigenvalue weighted by Crippen LogP contribution is 2.18. The summed E-state index contributed by atoms with van der Waals surface area (Å²) in [6.07, 6.45) is 0.305. The van der Waals surface area contributed by atoms with E-state index in [-0.39, 0.29) is 5.91 Å². The number of rotatable bonds is 8. The van der Waals surface area contributed by atoms with Gasteiger partial charge in [0, 0.05) is 30.2 Å². The molecule has 0 atom stereocenters. The Morgan fingerprint density at radius 1 is 1.07 bits per heavy atom. The number of carbonyl (C=O) groups is 1. The van der Waals surface area contributed by atoms with Crippen LogP contribution in [0.1, 0.15) is 35.7 Å². The second-order valence-electron chi connectivity index (χ2n) is 7.26. The predicted molar refractivity (Wildman–Crippen MR) is 116 cm³/mol. The number of amides is 1. The lowest BCUT2D eigenvalue weighted by Crippen LogP contribution is -2.30. The van der Waals surface area contributed by atoms with Gasteiger partial charge in [0.25, 0.3) is 0 Å². The molecule has 146 valence electrons. The largest absolute Gasteiger partial charge is 0.325 e. The molecule has 0 saturated carbocycles. The molecule has 5 heteroatoms. The molecule has 1 aromatic heterocycles. The number of anilines is 1. The smallest absolute Gasteiger partial charge is 0.231 e. The van der Waals surface area contributed by atoms with Gasteiger partial charge in [-0.25, -0.2) is 4.98 Å². The van der Waals surface area contributed by atoms with Crippen molar-refractivity contribution in [2.45, 2.75) is 46.3 Å². The maximum atomic E-state index is 12.4. The van der Waals surface area contributed by atoms with Crippen molar-refractivity contribution in [3.8, 4) is 0 Å². The van der Waals surface area contributed by atoms with Gasteiger partial charge >= 0.3 is 0 Å². The third-order valence-corrected chi connectivity index (χ3v) is 5.55. The zero-order valence-corrected chi connectivity index (χ0v) is 17.5. The molecule has 0 radical (unpaired) electrons. The van der Waals surface area contributed by atoms with Crippen molar-refractivity contribution in [1.29, 1.82) is 0 Å². The number of nitrogens with one attached hydrogen (secondary N) is 1. The second kappa shape index (κ2) is 9.62. The van der Waals surface area contributed by atoms with Crippen LogP contribution >= 0.6 is 11.3 Å². The van der Waals surface area contributed by atoms with Gasteiger partial charge in [0.2, 0.25) is 5.91 Å². The summed E-state index contributed by atoms with van der Waals surface area (Å²) in [5.41, 5.74) is 4.24. The minimum Gasteiger partial charge on any atom is -0.325 e. The van der Waals surface area contributed by atoms with Crippen molar-refractivity contribution in [1.82, 2.24) is 9.88 Å². The number of carbonyl (C=O) groups excluding carboxylic acids is 1. The SMILES string of the molecule is Cc1ccccc1NC(=O)Cc1nc(CN(Cc2ccccc2)C(C)C)cs1. The van der Waals surface area contributed by atoms with Gasteiger partial charge in [-0.3, -0.25) is 9.69 Å². The second-order valence-corrected chi connectivity index (χ2v) is 8.20. The van der Waals surface area contributed by atoms with Crippen LogP contribution in [0.3, 0.4) is 0 Å². The lowest BCUT2D eigenvalue weighted by atomic mass is 10.2. The van der Waals surface area contributed by atoms with Crippen LogP contribution in [0.25, 0.3) is 0 Å². The van der Waals surface area contributed by atoms with E-state index in [0.29, 0.717) is 12.5 Å². The van der Waals surface area contributed by atoms with Crippen LogP contribution < -0.4 is 5.32 Å². The molecule has 0 aliphatic carbocycles. The predicted octanol–water partition coefficient (Wildman–Crippen LogP) is 5.04. The minimum absolute atomic E-state index is 0.0276. The number of aromatic nitrogens is 1. The van der Waals surface area contributed by atoms with Crippen molar-refractivity contribution < 1.29 is 4.79 Å². The first kappa shape index (κ1) is 20.2. The number of hydrogen-bond donors (Lipinski definition) is 1. The van der Waals surface area contributed by atoms with Crippen LogP contribution in [0.2, 0.25) is 0 Å². The fourth-order valence-electron chi connectivity index (χ4n) is 2.99. The number of para-hydroxylation sites is 1. The monoisotopic (exact) mass is 393 g/mol. The molecule has 1 N–H and O–H groups in total. The van der Waals surface area contributed by atoms with Gasteiger partial charge in [-0.05, 0) is 38.0 Å². The number of nitrogens with zero attached hydrogens (tertiary/aromatic N) is 2. The maximum Gasteiger partial charge on any atom is 0.231 e. The zero-order valence-electron chi connectivity index (χ0n) is 16.7. The Kier molecular flexibility index (Phi) is 6.95. The number of aryl methyl sites for hydroxylation is 1. The van der Waals surface area contributed by atoms with Crippen molar-refractivity contribution in [2.24, 2.45) is 0 Å². The molecule has 0 unspecified atom stereocenters. The molecule has 2 aromatic carbocycles. The molecule has 0 saturated heterocycles. The van der Waals surface area contributed by atoms with E-state index in [4.69, 9.17) is 4.98 Å². The first-order chi connectivity index (χ1) is 13.5. The first-order valence-electron chi connectivity index (χ1n) is 9.58. The summed E-state index contributed by atoms with van der Waals surface area (Å²) in [6.45, 7) is 8.06.